The van der Waals surface area contributed by atoms with Crippen LogP contribution in [0.25, 0.3) is 0 Å². The Hall–Kier alpha value is -2.07. The number of furan rings is 1. The third-order valence-electron chi connectivity index (χ3n) is 3.63. The summed E-state index contributed by atoms with van der Waals surface area (Å²) < 4.78 is 5.44. The number of rotatable bonds is 3. The fourth-order valence-corrected chi connectivity index (χ4v) is 2.52. The van der Waals surface area contributed by atoms with E-state index in [1.807, 2.05) is 31.2 Å². The van der Waals surface area contributed by atoms with Crippen molar-refractivity contribution in [1.29, 1.82) is 0 Å². The number of aryl methyl sites for hydroxylation is 1. The number of hydrogen-bond acceptors (Lipinski definition) is 3. The van der Waals surface area contributed by atoms with E-state index in [1.54, 1.807) is 0 Å². The predicted molar refractivity (Wildman–Crippen MR) is 76.1 cm³/mol. The Morgan fingerprint density at radius 3 is 2.85 bits per heavy atom. The lowest BCUT2D eigenvalue weighted by molar-refractivity contribution is -0.123. The van der Waals surface area contributed by atoms with E-state index < -0.39 is 0 Å². The van der Waals surface area contributed by atoms with Crippen molar-refractivity contribution >= 4 is 5.91 Å². The lowest BCUT2D eigenvalue weighted by Gasteiger charge is -2.25. The van der Waals surface area contributed by atoms with Crippen LogP contribution < -0.4 is 10.6 Å². The van der Waals surface area contributed by atoms with Crippen molar-refractivity contribution in [1.82, 2.24) is 10.6 Å². The van der Waals surface area contributed by atoms with Crippen molar-refractivity contribution in [2.75, 3.05) is 0 Å². The largest absolute Gasteiger partial charge is 0.465 e. The molecule has 0 saturated heterocycles. The molecule has 0 spiro atoms. The predicted octanol–water partition coefficient (Wildman–Crippen LogP) is 1.92. The van der Waals surface area contributed by atoms with Crippen molar-refractivity contribution in [3.05, 3.63) is 59.0 Å². The standard InChI is InChI=1S/C16H18N2O2/c1-11-6-7-14(20-11)10-18-16(19)15-8-12-4-2-3-5-13(12)9-17-15/h2-7,15,17H,8-10H2,1H3,(H,18,19). The molecule has 0 saturated carbocycles. The molecule has 2 heterocycles. The number of carbonyl (C=O) groups excluding carboxylic acids is 1. The van der Waals surface area contributed by atoms with Crippen LogP contribution in [-0.4, -0.2) is 11.9 Å². The summed E-state index contributed by atoms with van der Waals surface area (Å²) in [5.41, 5.74) is 2.53. The van der Waals surface area contributed by atoms with Gasteiger partial charge in [-0.05, 0) is 36.6 Å². The average Bonchev–Trinajstić information content (AvgIpc) is 2.90. The Morgan fingerprint density at radius 1 is 1.30 bits per heavy atom. The highest BCUT2D eigenvalue weighted by atomic mass is 16.3. The molecule has 1 unspecified atom stereocenters. The summed E-state index contributed by atoms with van der Waals surface area (Å²) in [4.78, 5) is 12.2. The topological polar surface area (TPSA) is 54.3 Å². The highest BCUT2D eigenvalue weighted by Crippen LogP contribution is 2.16. The molecule has 2 aromatic rings. The molecule has 20 heavy (non-hydrogen) atoms. The molecule has 2 N–H and O–H groups in total. The summed E-state index contributed by atoms with van der Waals surface area (Å²) in [5.74, 6) is 1.67. The van der Waals surface area contributed by atoms with E-state index in [-0.39, 0.29) is 11.9 Å². The van der Waals surface area contributed by atoms with Crippen molar-refractivity contribution in [2.45, 2.75) is 32.5 Å². The van der Waals surface area contributed by atoms with Crippen LogP contribution in [0.15, 0.2) is 40.8 Å². The van der Waals surface area contributed by atoms with Gasteiger partial charge in [0.2, 0.25) is 5.91 Å². The molecular formula is C16H18N2O2. The lowest BCUT2D eigenvalue weighted by atomic mass is 9.95. The maximum Gasteiger partial charge on any atom is 0.237 e. The Balaban J connectivity index is 1.59. The second-order valence-electron chi connectivity index (χ2n) is 5.14. The molecule has 3 rings (SSSR count). The molecule has 0 bridgehead atoms. The van der Waals surface area contributed by atoms with E-state index in [2.05, 4.69) is 22.8 Å². The van der Waals surface area contributed by atoms with Gasteiger partial charge in [-0.25, -0.2) is 0 Å². The minimum absolute atomic E-state index is 0.0218. The summed E-state index contributed by atoms with van der Waals surface area (Å²) in [7, 11) is 0. The van der Waals surface area contributed by atoms with Gasteiger partial charge in [0, 0.05) is 6.54 Å². The van der Waals surface area contributed by atoms with Crippen molar-refractivity contribution in [3.8, 4) is 0 Å². The van der Waals surface area contributed by atoms with E-state index in [0.29, 0.717) is 6.54 Å². The SMILES string of the molecule is Cc1ccc(CNC(=O)C2Cc3ccccc3CN2)o1. The van der Waals surface area contributed by atoms with Crippen LogP contribution in [-0.2, 0) is 24.3 Å². The first kappa shape index (κ1) is 12.9. The summed E-state index contributed by atoms with van der Waals surface area (Å²) in [6, 6.07) is 11.9. The fourth-order valence-electron chi connectivity index (χ4n) is 2.52. The van der Waals surface area contributed by atoms with Gasteiger partial charge in [0.1, 0.15) is 11.5 Å². The first-order valence-corrected chi connectivity index (χ1v) is 6.85. The highest BCUT2D eigenvalue weighted by molar-refractivity contribution is 5.82. The van der Waals surface area contributed by atoms with Gasteiger partial charge in [0.25, 0.3) is 0 Å². The van der Waals surface area contributed by atoms with E-state index in [4.69, 9.17) is 4.42 Å². The lowest BCUT2D eigenvalue weighted by Crippen LogP contribution is -2.47. The van der Waals surface area contributed by atoms with E-state index in [0.717, 1.165) is 24.5 Å². The van der Waals surface area contributed by atoms with Gasteiger partial charge in [0.15, 0.2) is 0 Å². The van der Waals surface area contributed by atoms with Crippen LogP contribution >= 0.6 is 0 Å². The zero-order valence-electron chi connectivity index (χ0n) is 11.5. The maximum atomic E-state index is 12.2. The van der Waals surface area contributed by atoms with Gasteiger partial charge in [-0.2, -0.15) is 0 Å². The number of nitrogens with one attached hydrogen (secondary N) is 2. The molecule has 1 aliphatic rings. The Bertz CT molecular complexity index is 618. The molecule has 1 aromatic heterocycles. The van der Waals surface area contributed by atoms with Crippen LogP contribution in [0, 0.1) is 6.92 Å². The molecule has 1 amide bonds. The zero-order chi connectivity index (χ0) is 13.9. The normalized spacial score (nSPS) is 17.6. The zero-order valence-corrected chi connectivity index (χ0v) is 11.5. The molecule has 1 aliphatic heterocycles. The number of carbonyl (C=O) groups is 1. The van der Waals surface area contributed by atoms with Crippen LogP contribution in [0.5, 0.6) is 0 Å². The van der Waals surface area contributed by atoms with Crippen molar-refractivity contribution in [3.63, 3.8) is 0 Å². The van der Waals surface area contributed by atoms with E-state index >= 15 is 0 Å². The van der Waals surface area contributed by atoms with Crippen LogP contribution in [0.1, 0.15) is 22.6 Å². The molecule has 1 atom stereocenters. The third kappa shape index (κ3) is 2.75. The van der Waals surface area contributed by atoms with Gasteiger partial charge < -0.3 is 15.1 Å². The van der Waals surface area contributed by atoms with Gasteiger partial charge in [-0.15, -0.1) is 0 Å². The van der Waals surface area contributed by atoms with Crippen molar-refractivity contribution in [2.24, 2.45) is 0 Å². The Kier molecular flexibility index (Phi) is 3.56. The molecular weight excluding hydrogens is 252 g/mol. The van der Waals surface area contributed by atoms with Crippen molar-refractivity contribution < 1.29 is 9.21 Å². The van der Waals surface area contributed by atoms with Crippen LogP contribution in [0.4, 0.5) is 0 Å². The van der Waals surface area contributed by atoms with Gasteiger partial charge in [0.05, 0.1) is 12.6 Å². The Labute approximate surface area is 118 Å². The molecule has 4 nitrogen and oxygen atoms in total. The van der Waals surface area contributed by atoms with E-state index in [1.165, 1.54) is 11.1 Å². The first-order chi connectivity index (χ1) is 9.72. The smallest absolute Gasteiger partial charge is 0.237 e. The summed E-state index contributed by atoms with van der Waals surface area (Å²) >= 11 is 0. The van der Waals surface area contributed by atoms with Crippen LogP contribution in [0.3, 0.4) is 0 Å². The maximum absolute atomic E-state index is 12.2. The molecule has 0 aliphatic carbocycles. The second-order valence-corrected chi connectivity index (χ2v) is 5.14. The van der Waals surface area contributed by atoms with Gasteiger partial charge in [-0.1, -0.05) is 24.3 Å². The number of amides is 1. The summed E-state index contributed by atoms with van der Waals surface area (Å²) in [6.07, 6.45) is 0.735. The number of fused-ring (bicyclic) bond motifs is 1. The third-order valence-corrected chi connectivity index (χ3v) is 3.63. The summed E-state index contributed by atoms with van der Waals surface area (Å²) in [5, 5.41) is 6.19. The van der Waals surface area contributed by atoms with Crippen LogP contribution in [0.2, 0.25) is 0 Å². The molecule has 0 radical (unpaired) electrons. The number of hydrogen-bond donors (Lipinski definition) is 2. The van der Waals surface area contributed by atoms with E-state index in [9.17, 15) is 4.79 Å². The molecule has 1 aromatic carbocycles. The summed E-state index contributed by atoms with van der Waals surface area (Å²) in [6.45, 7) is 3.07. The molecule has 0 fully saturated rings. The fraction of sp³-hybridized carbons (Fsp3) is 0.312. The van der Waals surface area contributed by atoms with Gasteiger partial charge >= 0.3 is 0 Å². The average molecular weight is 270 g/mol. The minimum atomic E-state index is -0.166. The van der Waals surface area contributed by atoms with Gasteiger partial charge in [-0.3, -0.25) is 4.79 Å². The number of benzene rings is 1. The Morgan fingerprint density at radius 2 is 2.10 bits per heavy atom. The molecule has 104 valence electrons. The quantitative estimate of drug-likeness (QED) is 0.896. The molecule has 4 heteroatoms. The monoisotopic (exact) mass is 270 g/mol. The first-order valence-electron chi connectivity index (χ1n) is 6.85. The highest BCUT2D eigenvalue weighted by Gasteiger charge is 2.23. The second kappa shape index (κ2) is 5.51. The minimum Gasteiger partial charge on any atom is -0.465 e.